The minimum Gasteiger partial charge on any atom is -0.367 e. The highest BCUT2D eigenvalue weighted by Crippen LogP contribution is 2.25. The number of pyridine rings is 1. The number of rotatable bonds is 2. The van der Waals surface area contributed by atoms with E-state index in [2.05, 4.69) is 29.4 Å². The van der Waals surface area contributed by atoms with E-state index < -0.39 is 0 Å². The van der Waals surface area contributed by atoms with Gasteiger partial charge in [-0.1, -0.05) is 25.8 Å². The molecule has 1 fully saturated rings. The standard InChI is InChI=1S/C13H20N2/c1-10-5-3-7-12(9-10)15-13-8-4-6-11(2)14-13/h4,6,8,10,12H,3,5,7,9H2,1-2H3,(H,14,15). The third-order valence-electron chi connectivity index (χ3n) is 3.18. The first kappa shape index (κ1) is 10.5. The Morgan fingerprint density at radius 1 is 1.33 bits per heavy atom. The molecular weight excluding hydrogens is 184 g/mol. The third-order valence-corrected chi connectivity index (χ3v) is 3.18. The van der Waals surface area contributed by atoms with E-state index in [1.165, 1.54) is 25.7 Å². The first-order valence-electron chi connectivity index (χ1n) is 5.94. The Labute approximate surface area is 92.1 Å². The van der Waals surface area contributed by atoms with Crippen molar-refractivity contribution < 1.29 is 0 Å². The average molecular weight is 204 g/mol. The summed E-state index contributed by atoms with van der Waals surface area (Å²) in [5, 5.41) is 3.54. The average Bonchev–Trinajstić information content (AvgIpc) is 2.17. The molecule has 0 aromatic carbocycles. The van der Waals surface area contributed by atoms with E-state index in [1.807, 2.05) is 13.0 Å². The third kappa shape index (κ3) is 2.95. The fourth-order valence-corrected chi connectivity index (χ4v) is 2.40. The van der Waals surface area contributed by atoms with Crippen molar-refractivity contribution in [2.24, 2.45) is 5.92 Å². The van der Waals surface area contributed by atoms with Gasteiger partial charge < -0.3 is 5.32 Å². The molecule has 2 rings (SSSR count). The molecule has 0 saturated heterocycles. The zero-order chi connectivity index (χ0) is 10.7. The molecule has 1 N–H and O–H groups in total. The van der Waals surface area contributed by atoms with Crippen molar-refractivity contribution >= 4 is 5.82 Å². The molecule has 1 aromatic rings. The molecule has 2 unspecified atom stereocenters. The van der Waals surface area contributed by atoms with E-state index in [4.69, 9.17) is 0 Å². The predicted molar refractivity (Wildman–Crippen MR) is 64.0 cm³/mol. The van der Waals surface area contributed by atoms with Crippen molar-refractivity contribution in [2.75, 3.05) is 5.32 Å². The second-order valence-electron chi connectivity index (χ2n) is 4.78. The molecule has 0 amide bonds. The summed E-state index contributed by atoms with van der Waals surface area (Å²) >= 11 is 0. The van der Waals surface area contributed by atoms with Crippen LogP contribution < -0.4 is 5.32 Å². The number of hydrogen-bond acceptors (Lipinski definition) is 2. The predicted octanol–water partition coefficient (Wildman–Crippen LogP) is 3.38. The fraction of sp³-hybridized carbons (Fsp3) is 0.615. The molecule has 1 aliphatic rings. The SMILES string of the molecule is Cc1cccc(NC2CCCC(C)C2)n1. The summed E-state index contributed by atoms with van der Waals surface area (Å²) in [6.07, 6.45) is 5.32. The number of hydrogen-bond donors (Lipinski definition) is 1. The zero-order valence-corrected chi connectivity index (χ0v) is 9.66. The van der Waals surface area contributed by atoms with Gasteiger partial charge in [-0.05, 0) is 37.8 Å². The van der Waals surface area contributed by atoms with Crippen LogP contribution in [0.25, 0.3) is 0 Å². The Kier molecular flexibility index (Phi) is 3.24. The number of aryl methyl sites for hydroxylation is 1. The molecule has 0 aliphatic heterocycles. The number of nitrogens with one attached hydrogen (secondary N) is 1. The number of anilines is 1. The highest BCUT2D eigenvalue weighted by molar-refractivity contribution is 5.36. The summed E-state index contributed by atoms with van der Waals surface area (Å²) in [7, 11) is 0. The van der Waals surface area contributed by atoms with Crippen LogP contribution in [0.5, 0.6) is 0 Å². The summed E-state index contributed by atoms with van der Waals surface area (Å²) in [6, 6.07) is 6.79. The van der Waals surface area contributed by atoms with E-state index in [-0.39, 0.29) is 0 Å². The van der Waals surface area contributed by atoms with Crippen LogP contribution in [0.15, 0.2) is 18.2 Å². The van der Waals surface area contributed by atoms with Crippen LogP contribution in [0.4, 0.5) is 5.82 Å². The first-order chi connectivity index (χ1) is 7.24. The highest BCUT2D eigenvalue weighted by Gasteiger charge is 2.18. The monoisotopic (exact) mass is 204 g/mol. The second kappa shape index (κ2) is 4.65. The lowest BCUT2D eigenvalue weighted by Crippen LogP contribution is -2.26. The molecule has 1 saturated carbocycles. The molecular formula is C13H20N2. The molecule has 15 heavy (non-hydrogen) atoms. The first-order valence-corrected chi connectivity index (χ1v) is 5.94. The van der Waals surface area contributed by atoms with E-state index in [0.29, 0.717) is 6.04 Å². The van der Waals surface area contributed by atoms with Gasteiger partial charge >= 0.3 is 0 Å². The van der Waals surface area contributed by atoms with Gasteiger partial charge in [0.1, 0.15) is 5.82 Å². The Hall–Kier alpha value is -1.05. The van der Waals surface area contributed by atoms with Crippen molar-refractivity contribution in [1.29, 1.82) is 0 Å². The van der Waals surface area contributed by atoms with Gasteiger partial charge in [0.05, 0.1) is 0 Å². The number of nitrogens with zero attached hydrogens (tertiary/aromatic N) is 1. The van der Waals surface area contributed by atoms with Crippen LogP contribution >= 0.6 is 0 Å². The molecule has 1 aliphatic carbocycles. The summed E-state index contributed by atoms with van der Waals surface area (Å²) in [5.74, 6) is 1.90. The van der Waals surface area contributed by atoms with Gasteiger partial charge in [0.2, 0.25) is 0 Å². The smallest absolute Gasteiger partial charge is 0.126 e. The van der Waals surface area contributed by atoms with Crippen LogP contribution in [0.2, 0.25) is 0 Å². The lowest BCUT2D eigenvalue weighted by atomic mass is 9.87. The lowest BCUT2D eigenvalue weighted by molar-refractivity contribution is 0.358. The van der Waals surface area contributed by atoms with Crippen LogP contribution in [-0.4, -0.2) is 11.0 Å². The molecule has 82 valence electrons. The van der Waals surface area contributed by atoms with Gasteiger partial charge in [-0.3, -0.25) is 0 Å². The van der Waals surface area contributed by atoms with Crippen LogP contribution in [0.3, 0.4) is 0 Å². The normalized spacial score (nSPS) is 26.3. The molecule has 0 radical (unpaired) electrons. The van der Waals surface area contributed by atoms with E-state index in [0.717, 1.165) is 17.4 Å². The van der Waals surface area contributed by atoms with Gasteiger partial charge in [0.15, 0.2) is 0 Å². The highest BCUT2D eigenvalue weighted by atomic mass is 15.0. The molecule has 1 heterocycles. The molecule has 0 bridgehead atoms. The van der Waals surface area contributed by atoms with E-state index in [1.54, 1.807) is 0 Å². The van der Waals surface area contributed by atoms with Crippen LogP contribution in [-0.2, 0) is 0 Å². The van der Waals surface area contributed by atoms with Crippen molar-refractivity contribution in [3.63, 3.8) is 0 Å². The van der Waals surface area contributed by atoms with Gasteiger partial charge in [-0.15, -0.1) is 0 Å². The van der Waals surface area contributed by atoms with Crippen molar-refractivity contribution in [2.45, 2.75) is 45.6 Å². The van der Waals surface area contributed by atoms with Gasteiger partial charge in [0, 0.05) is 11.7 Å². The Bertz CT molecular complexity index is 322. The fourth-order valence-electron chi connectivity index (χ4n) is 2.40. The van der Waals surface area contributed by atoms with Crippen LogP contribution in [0.1, 0.15) is 38.3 Å². The van der Waals surface area contributed by atoms with Crippen molar-refractivity contribution in [3.8, 4) is 0 Å². The summed E-state index contributed by atoms with van der Waals surface area (Å²) in [5.41, 5.74) is 1.09. The molecule has 0 spiro atoms. The summed E-state index contributed by atoms with van der Waals surface area (Å²) < 4.78 is 0. The quantitative estimate of drug-likeness (QED) is 0.798. The molecule has 2 nitrogen and oxygen atoms in total. The largest absolute Gasteiger partial charge is 0.367 e. The van der Waals surface area contributed by atoms with Crippen molar-refractivity contribution in [3.05, 3.63) is 23.9 Å². The van der Waals surface area contributed by atoms with Gasteiger partial charge in [0.25, 0.3) is 0 Å². The minimum atomic E-state index is 0.628. The maximum atomic E-state index is 4.48. The lowest BCUT2D eigenvalue weighted by Gasteiger charge is -2.27. The Morgan fingerprint density at radius 3 is 2.93 bits per heavy atom. The van der Waals surface area contributed by atoms with E-state index >= 15 is 0 Å². The topological polar surface area (TPSA) is 24.9 Å². The zero-order valence-electron chi connectivity index (χ0n) is 9.66. The minimum absolute atomic E-state index is 0.628. The summed E-state index contributed by atoms with van der Waals surface area (Å²) in [4.78, 5) is 4.48. The second-order valence-corrected chi connectivity index (χ2v) is 4.78. The van der Waals surface area contributed by atoms with Crippen molar-refractivity contribution in [1.82, 2.24) is 4.98 Å². The van der Waals surface area contributed by atoms with Gasteiger partial charge in [-0.2, -0.15) is 0 Å². The maximum Gasteiger partial charge on any atom is 0.126 e. The molecule has 2 atom stereocenters. The molecule has 1 aromatic heterocycles. The Balaban J connectivity index is 1.96. The number of aromatic nitrogens is 1. The maximum absolute atomic E-state index is 4.48. The van der Waals surface area contributed by atoms with Crippen LogP contribution in [0, 0.1) is 12.8 Å². The molecule has 2 heteroatoms. The summed E-state index contributed by atoms with van der Waals surface area (Å²) in [6.45, 7) is 4.38. The van der Waals surface area contributed by atoms with E-state index in [9.17, 15) is 0 Å². The Morgan fingerprint density at radius 2 is 2.20 bits per heavy atom. The van der Waals surface area contributed by atoms with Gasteiger partial charge in [-0.25, -0.2) is 4.98 Å².